The van der Waals surface area contributed by atoms with Crippen LogP contribution in [0.5, 0.6) is 0 Å². The number of fused-ring (bicyclic) bond motifs is 1. The zero-order valence-electron chi connectivity index (χ0n) is 16.2. The Bertz CT molecular complexity index is 1250. The molecule has 0 unspecified atom stereocenters. The van der Waals surface area contributed by atoms with Gasteiger partial charge in [-0.25, -0.2) is 4.79 Å². The van der Waals surface area contributed by atoms with E-state index in [2.05, 4.69) is 5.32 Å². The molecule has 4 rings (SSSR count). The largest absolute Gasteiger partial charge is 0.459 e. The van der Waals surface area contributed by atoms with Crippen molar-refractivity contribution in [1.82, 2.24) is 0 Å². The Morgan fingerprint density at radius 1 is 1.10 bits per heavy atom. The van der Waals surface area contributed by atoms with E-state index in [4.69, 9.17) is 13.6 Å². The summed E-state index contributed by atoms with van der Waals surface area (Å²) >= 11 is 1.06. The number of benzene rings is 1. The van der Waals surface area contributed by atoms with Crippen LogP contribution in [0, 0.1) is 13.8 Å². The number of ketones is 1. The number of nitrogens with one attached hydrogen (secondary N) is 1. The smallest absolute Gasteiger partial charge is 0.349 e. The molecule has 1 N–H and O–H groups in total. The predicted octanol–water partition coefficient (Wildman–Crippen LogP) is 5.00. The normalized spacial score (nSPS) is 10.9. The Balaban J connectivity index is 1.42. The molecule has 152 valence electrons. The van der Waals surface area contributed by atoms with E-state index in [0.717, 1.165) is 16.7 Å². The zero-order valence-corrected chi connectivity index (χ0v) is 17.0. The van der Waals surface area contributed by atoms with E-state index in [9.17, 15) is 14.4 Å². The lowest BCUT2D eigenvalue weighted by molar-refractivity contribution is 0.0472. The maximum atomic E-state index is 12.5. The Labute approximate surface area is 175 Å². The fraction of sp³-hybridized carbons (Fsp3) is 0.136. The second-order valence-electron chi connectivity index (χ2n) is 6.61. The van der Waals surface area contributed by atoms with Crippen LogP contribution >= 0.6 is 11.3 Å². The van der Waals surface area contributed by atoms with Crippen LogP contribution in [-0.4, -0.2) is 24.3 Å². The molecular weight excluding hydrogens is 406 g/mol. The Morgan fingerprint density at radius 3 is 2.63 bits per heavy atom. The van der Waals surface area contributed by atoms with Gasteiger partial charge in [0.15, 0.2) is 18.1 Å². The second kappa shape index (κ2) is 8.00. The SMILES string of the molecule is Cc1cc(NC(=O)c2ccco2)sc1C(=O)OCC(=O)c1oc2ccccc2c1C. The fourth-order valence-corrected chi connectivity index (χ4v) is 3.99. The molecule has 1 aromatic carbocycles. The minimum atomic E-state index is -0.641. The molecule has 3 aromatic heterocycles. The summed E-state index contributed by atoms with van der Waals surface area (Å²) in [4.78, 5) is 37.3. The molecule has 0 saturated heterocycles. The molecular formula is C22H17NO6S. The number of furan rings is 2. The first-order chi connectivity index (χ1) is 14.4. The standard InChI is InChI=1S/C22H17NO6S/c1-12-10-18(23-21(25)17-8-5-9-27-17)30-20(12)22(26)28-11-15(24)19-13(2)14-6-3-4-7-16(14)29-19/h3-10H,11H2,1-2H3,(H,23,25). The molecule has 0 bridgehead atoms. The van der Waals surface area contributed by atoms with Gasteiger partial charge < -0.3 is 18.9 Å². The van der Waals surface area contributed by atoms with Gasteiger partial charge in [-0.3, -0.25) is 9.59 Å². The van der Waals surface area contributed by atoms with Gasteiger partial charge in [0, 0.05) is 10.9 Å². The molecule has 3 heterocycles. The summed E-state index contributed by atoms with van der Waals surface area (Å²) in [6.07, 6.45) is 1.40. The number of hydrogen-bond donors (Lipinski definition) is 1. The van der Waals surface area contributed by atoms with Gasteiger partial charge in [-0.05, 0) is 43.7 Å². The number of para-hydroxylation sites is 1. The van der Waals surface area contributed by atoms with Gasteiger partial charge in [0.2, 0.25) is 5.78 Å². The maximum absolute atomic E-state index is 12.5. The van der Waals surface area contributed by atoms with Crippen molar-refractivity contribution in [2.75, 3.05) is 11.9 Å². The number of rotatable bonds is 6. The van der Waals surface area contributed by atoms with Crippen LogP contribution in [0.3, 0.4) is 0 Å². The van der Waals surface area contributed by atoms with Gasteiger partial charge in [-0.1, -0.05) is 18.2 Å². The summed E-state index contributed by atoms with van der Waals surface area (Å²) in [6.45, 7) is 3.07. The molecule has 30 heavy (non-hydrogen) atoms. The third kappa shape index (κ3) is 3.77. The van der Waals surface area contributed by atoms with Crippen LogP contribution in [0.2, 0.25) is 0 Å². The van der Waals surface area contributed by atoms with Gasteiger partial charge in [0.25, 0.3) is 5.91 Å². The van der Waals surface area contributed by atoms with Gasteiger partial charge in [0.05, 0.1) is 11.3 Å². The van der Waals surface area contributed by atoms with Crippen molar-refractivity contribution in [3.05, 3.63) is 76.3 Å². The number of carbonyl (C=O) groups excluding carboxylic acids is 3. The number of Topliss-reactive ketones (excluding diaryl/α,β-unsaturated/α-hetero) is 1. The lowest BCUT2D eigenvalue weighted by Crippen LogP contribution is -2.14. The highest BCUT2D eigenvalue weighted by Crippen LogP contribution is 2.28. The van der Waals surface area contributed by atoms with Gasteiger partial charge in [-0.15, -0.1) is 11.3 Å². The molecule has 0 atom stereocenters. The first-order valence-electron chi connectivity index (χ1n) is 9.08. The minimum absolute atomic E-state index is 0.164. The Hall–Kier alpha value is -3.65. The Morgan fingerprint density at radius 2 is 1.90 bits per heavy atom. The molecule has 0 spiro atoms. The summed E-state index contributed by atoms with van der Waals surface area (Å²) < 4.78 is 15.9. The van der Waals surface area contributed by atoms with Crippen LogP contribution < -0.4 is 5.32 Å². The number of amides is 1. The van der Waals surface area contributed by atoms with Crippen molar-refractivity contribution in [2.45, 2.75) is 13.8 Å². The first kappa shape index (κ1) is 19.7. The van der Waals surface area contributed by atoms with Crippen LogP contribution in [0.1, 0.15) is 41.9 Å². The fourth-order valence-electron chi connectivity index (χ4n) is 3.03. The molecule has 0 saturated carbocycles. The Kier molecular flexibility index (Phi) is 5.24. The summed E-state index contributed by atoms with van der Waals surface area (Å²) in [5.41, 5.74) is 1.95. The second-order valence-corrected chi connectivity index (χ2v) is 7.66. The number of thiophene rings is 1. The number of carbonyl (C=O) groups is 3. The van der Waals surface area contributed by atoms with Crippen molar-refractivity contribution >= 4 is 45.0 Å². The molecule has 4 aromatic rings. The molecule has 1 amide bonds. The van der Waals surface area contributed by atoms with Gasteiger partial charge in [0.1, 0.15) is 10.5 Å². The van der Waals surface area contributed by atoms with Crippen LogP contribution in [0.4, 0.5) is 5.00 Å². The molecule has 0 aliphatic heterocycles. The number of ether oxygens (including phenoxy) is 1. The lowest BCUT2D eigenvalue weighted by atomic mass is 10.1. The number of aryl methyl sites for hydroxylation is 2. The van der Waals surface area contributed by atoms with E-state index in [-0.39, 0.29) is 11.5 Å². The van der Waals surface area contributed by atoms with E-state index in [1.807, 2.05) is 18.2 Å². The minimum Gasteiger partial charge on any atom is -0.459 e. The van der Waals surface area contributed by atoms with Crippen molar-refractivity contribution in [3.63, 3.8) is 0 Å². The third-order valence-electron chi connectivity index (χ3n) is 4.52. The number of esters is 1. The van der Waals surface area contributed by atoms with E-state index in [1.54, 1.807) is 32.0 Å². The quantitative estimate of drug-likeness (QED) is 0.346. The average Bonchev–Trinajstić information content (AvgIpc) is 3.46. The monoisotopic (exact) mass is 423 g/mol. The molecule has 0 radical (unpaired) electrons. The van der Waals surface area contributed by atoms with Crippen molar-refractivity contribution in [3.8, 4) is 0 Å². The number of hydrogen-bond acceptors (Lipinski definition) is 7. The summed E-state index contributed by atoms with van der Waals surface area (Å²) in [5, 5.41) is 3.99. The molecule has 0 fully saturated rings. The maximum Gasteiger partial charge on any atom is 0.349 e. The summed E-state index contributed by atoms with van der Waals surface area (Å²) in [5.74, 6) is -1.14. The molecule has 7 nitrogen and oxygen atoms in total. The van der Waals surface area contributed by atoms with Gasteiger partial charge >= 0.3 is 5.97 Å². The highest BCUT2D eigenvalue weighted by molar-refractivity contribution is 7.18. The van der Waals surface area contributed by atoms with Crippen molar-refractivity contribution in [1.29, 1.82) is 0 Å². The van der Waals surface area contributed by atoms with Crippen LogP contribution in [0.25, 0.3) is 11.0 Å². The lowest BCUT2D eigenvalue weighted by Gasteiger charge is -2.03. The van der Waals surface area contributed by atoms with Crippen LogP contribution in [0.15, 0.2) is 57.6 Å². The highest BCUT2D eigenvalue weighted by atomic mass is 32.1. The first-order valence-corrected chi connectivity index (χ1v) is 9.89. The van der Waals surface area contributed by atoms with E-state index in [1.165, 1.54) is 12.3 Å². The highest BCUT2D eigenvalue weighted by Gasteiger charge is 2.22. The van der Waals surface area contributed by atoms with Crippen molar-refractivity contribution < 1.29 is 28.0 Å². The van der Waals surface area contributed by atoms with Crippen molar-refractivity contribution in [2.24, 2.45) is 0 Å². The molecule has 8 heteroatoms. The van der Waals surface area contributed by atoms with E-state index < -0.39 is 24.3 Å². The molecule has 0 aliphatic rings. The topological polar surface area (TPSA) is 98.8 Å². The van der Waals surface area contributed by atoms with Crippen LogP contribution in [-0.2, 0) is 4.74 Å². The predicted molar refractivity (Wildman–Crippen MR) is 111 cm³/mol. The summed E-state index contributed by atoms with van der Waals surface area (Å²) in [6, 6.07) is 12.1. The average molecular weight is 423 g/mol. The zero-order chi connectivity index (χ0) is 21.3. The number of anilines is 1. The van der Waals surface area contributed by atoms with E-state index >= 15 is 0 Å². The molecule has 0 aliphatic carbocycles. The van der Waals surface area contributed by atoms with Gasteiger partial charge in [-0.2, -0.15) is 0 Å². The third-order valence-corrected chi connectivity index (χ3v) is 5.65. The summed E-state index contributed by atoms with van der Waals surface area (Å²) in [7, 11) is 0. The van der Waals surface area contributed by atoms with E-state index in [0.29, 0.717) is 26.6 Å².